The van der Waals surface area contributed by atoms with Crippen LogP contribution in [0.4, 0.5) is 0 Å². The van der Waals surface area contributed by atoms with Crippen molar-refractivity contribution in [3.05, 3.63) is 91.1 Å². The molecule has 4 aromatic rings. The highest BCUT2D eigenvalue weighted by Crippen LogP contribution is 2.38. The zero-order valence-corrected chi connectivity index (χ0v) is 21.5. The second kappa shape index (κ2) is 13.6. The van der Waals surface area contributed by atoms with Crippen LogP contribution in [0.1, 0.15) is 71.1 Å². The average Bonchev–Trinajstić information content (AvgIpc) is 2.90. The molecule has 0 N–H and O–H groups in total. The predicted molar refractivity (Wildman–Crippen MR) is 155 cm³/mol. The maximum Gasteiger partial charge on any atom is 0.311 e. The lowest BCUT2D eigenvalue weighted by molar-refractivity contribution is -0.134. The number of carbonyl (C=O) groups is 1. The van der Waals surface area contributed by atoms with Crippen LogP contribution in [0.25, 0.3) is 32.3 Å². The van der Waals surface area contributed by atoms with Crippen molar-refractivity contribution in [2.75, 3.05) is 0 Å². The lowest BCUT2D eigenvalue weighted by Crippen LogP contribution is -2.08. The summed E-state index contributed by atoms with van der Waals surface area (Å²) in [5.74, 6) is 0.538. The van der Waals surface area contributed by atoms with Gasteiger partial charge in [-0.25, -0.2) is 0 Å². The molecule has 0 atom stereocenters. The van der Waals surface area contributed by atoms with Gasteiger partial charge in [-0.1, -0.05) is 105 Å². The summed E-state index contributed by atoms with van der Waals surface area (Å²) >= 11 is 0. The van der Waals surface area contributed by atoms with E-state index in [-0.39, 0.29) is 5.97 Å². The zero-order valence-electron chi connectivity index (χ0n) is 21.5. The Kier molecular flexibility index (Phi) is 9.73. The Morgan fingerprint density at radius 3 is 2.06 bits per heavy atom. The predicted octanol–water partition coefficient (Wildman–Crippen LogP) is 10.1. The first-order valence-corrected chi connectivity index (χ1v) is 13.6. The minimum atomic E-state index is -0.133. The normalized spacial score (nSPS) is 12.4. The van der Waals surface area contributed by atoms with Crippen LogP contribution >= 0.6 is 0 Å². The Hall–Kier alpha value is -3.39. The van der Waals surface area contributed by atoms with Gasteiger partial charge in [-0.15, -0.1) is 0 Å². The molecule has 4 aromatic carbocycles. The van der Waals surface area contributed by atoms with E-state index in [0.717, 1.165) is 43.9 Å². The third-order valence-corrected chi connectivity index (χ3v) is 6.74. The summed E-state index contributed by atoms with van der Waals surface area (Å²) in [5, 5.41) is 7.07. The third-order valence-electron chi connectivity index (χ3n) is 6.74. The third kappa shape index (κ3) is 6.85. The monoisotopic (exact) mass is 478 g/mol. The first-order chi connectivity index (χ1) is 17.8. The van der Waals surface area contributed by atoms with Gasteiger partial charge < -0.3 is 4.74 Å². The summed E-state index contributed by atoms with van der Waals surface area (Å²) in [6.45, 7) is 2.16. The van der Waals surface area contributed by atoms with Crippen molar-refractivity contribution in [2.24, 2.45) is 0 Å². The number of ether oxygens (including phenoxy) is 1. The molecule has 36 heavy (non-hydrogen) atoms. The van der Waals surface area contributed by atoms with Crippen molar-refractivity contribution in [3.8, 4) is 5.75 Å². The van der Waals surface area contributed by atoms with Gasteiger partial charge in [0.05, 0.1) is 0 Å². The van der Waals surface area contributed by atoms with Gasteiger partial charge >= 0.3 is 5.97 Å². The van der Waals surface area contributed by atoms with Gasteiger partial charge in [0.2, 0.25) is 0 Å². The number of rotatable bonds is 14. The van der Waals surface area contributed by atoms with E-state index in [4.69, 9.17) is 4.74 Å². The molecule has 4 rings (SSSR count). The van der Waals surface area contributed by atoms with Gasteiger partial charge in [-0.2, -0.15) is 0 Å². The maximum atomic E-state index is 12.6. The van der Waals surface area contributed by atoms with E-state index in [0.29, 0.717) is 12.2 Å². The molecular formula is C34H38O2. The van der Waals surface area contributed by atoms with Gasteiger partial charge in [0.25, 0.3) is 0 Å². The molecular weight excluding hydrogens is 440 g/mol. The summed E-state index contributed by atoms with van der Waals surface area (Å²) in [5.41, 5.74) is 0. The van der Waals surface area contributed by atoms with Crippen LogP contribution in [0.5, 0.6) is 5.75 Å². The fraction of sp³-hybridized carbons (Fsp3) is 0.324. The molecule has 0 radical (unpaired) electrons. The Bertz CT molecular complexity index is 1330. The van der Waals surface area contributed by atoms with Gasteiger partial charge in [-0.3, -0.25) is 4.79 Å². The number of hydrogen-bond acceptors (Lipinski definition) is 2. The SMILES string of the molecule is CC/C=C\C/C=C\C/C=C\CCCCCCCC(=O)Oc1ccc2ccc3cccc4ccc1c2c34. The fourth-order valence-corrected chi connectivity index (χ4v) is 4.86. The lowest BCUT2D eigenvalue weighted by Gasteiger charge is -2.13. The lowest BCUT2D eigenvalue weighted by atomic mass is 9.94. The number of carbonyl (C=O) groups excluding carboxylic acids is 1. The molecule has 0 unspecified atom stereocenters. The smallest absolute Gasteiger partial charge is 0.311 e. The van der Waals surface area contributed by atoms with E-state index in [2.05, 4.69) is 91.9 Å². The molecule has 0 spiro atoms. The van der Waals surface area contributed by atoms with Gasteiger partial charge in [-0.05, 0) is 72.2 Å². The molecule has 0 bridgehead atoms. The molecule has 0 aliphatic carbocycles. The van der Waals surface area contributed by atoms with Crippen LogP contribution in [-0.4, -0.2) is 5.97 Å². The van der Waals surface area contributed by atoms with Crippen LogP contribution in [0.2, 0.25) is 0 Å². The molecule has 2 heteroatoms. The highest BCUT2D eigenvalue weighted by Gasteiger charge is 2.13. The van der Waals surface area contributed by atoms with Crippen LogP contribution < -0.4 is 4.74 Å². The molecule has 0 fully saturated rings. The molecule has 0 amide bonds. The number of hydrogen-bond donors (Lipinski definition) is 0. The quantitative estimate of drug-likeness (QED) is 0.0592. The average molecular weight is 479 g/mol. The molecule has 0 saturated heterocycles. The van der Waals surface area contributed by atoms with Crippen LogP contribution in [0.15, 0.2) is 91.1 Å². The number of benzene rings is 4. The Balaban J connectivity index is 1.16. The van der Waals surface area contributed by atoms with Crippen molar-refractivity contribution in [3.63, 3.8) is 0 Å². The molecule has 0 saturated carbocycles. The summed E-state index contributed by atoms with van der Waals surface area (Å²) in [6, 6.07) is 18.9. The minimum absolute atomic E-state index is 0.133. The molecule has 0 aliphatic rings. The Labute approximate surface area is 215 Å². The minimum Gasteiger partial charge on any atom is -0.426 e. The number of allylic oxidation sites excluding steroid dienone is 6. The van der Waals surface area contributed by atoms with Crippen molar-refractivity contribution in [1.29, 1.82) is 0 Å². The van der Waals surface area contributed by atoms with E-state index in [1.807, 2.05) is 6.07 Å². The Morgan fingerprint density at radius 1 is 0.667 bits per heavy atom. The van der Waals surface area contributed by atoms with Gasteiger partial charge in [0, 0.05) is 17.2 Å². The summed E-state index contributed by atoms with van der Waals surface area (Å²) < 4.78 is 5.83. The number of esters is 1. The van der Waals surface area contributed by atoms with E-state index in [1.54, 1.807) is 0 Å². The second-order valence-corrected chi connectivity index (χ2v) is 9.49. The molecule has 186 valence electrons. The maximum absolute atomic E-state index is 12.6. The standard InChI is InChI=1S/C34H38O2/c1-2-3-4-5-6-7-8-9-10-11-12-13-14-15-16-20-32(35)36-31-26-24-29-22-21-27-18-17-19-28-23-25-30(31)34(29)33(27)28/h3-4,6-7,9-10,17-19,21-26H,2,5,8,11-16,20H2,1H3/b4-3-,7-6-,10-9-. The fourth-order valence-electron chi connectivity index (χ4n) is 4.86. The first kappa shape index (κ1) is 25.7. The first-order valence-electron chi connectivity index (χ1n) is 13.6. The van der Waals surface area contributed by atoms with Crippen LogP contribution in [0.3, 0.4) is 0 Å². The van der Waals surface area contributed by atoms with Crippen LogP contribution in [-0.2, 0) is 4.79 Å². The highest BCUT2D eigenvalue weighted by molar-refractivity contribution is 6.24. The molecule has 0 aliphatic heterocycles. The largest absolute Gasteiger partial charge is 0.426 e. The van der Waals surface area contributed by atoms with E-state index >= 15 is 0 Å². The van der Waals surface area contributed by atoms with Gasteiger partial charge in [0.1, 0.15) is 5.75 Å². The van der Waals surface area contributed by atoms with E-state index in [9.17, 15) is 4.79 Å². The second-order valence-electron chi connectivity index (χ2n) is 9.49. The summed E-state index contributed by atoms with van der Waals surface area (Å²) in [6.07, 6.45) is 23.8. The zero-order chi connectivity index (χ0) is 25.0. The molecule has 0 aromatic heterocycles. The topological polar surface area (TPSA) is 26.3 Å². The number of unbranched alkanes of at least 4 members (excludes halogenated alkanes) is 5. The van der Waals surface area contributed by atoms with E-state index in [1.165, 1.54) is 46.2 Å². The van der Waals surface area contributed by atoms with Crippen molar-refractivity contribution in [1.82, 2.24) is 0 Å². The Morgan fingerprint density at radius 2 is 1.28 bits per heavy atom. The van der Waals surface area contributed by atoms with Crippen molar-refractivity contribution < 1.29 is 9.53 Å². The summed E-state index contributed by atoms with van der Waals surface area (Å²) in [4.78, 5) is 12.6. The highest BCUT2D eigenvalue weighted by atomic mass is 16.5. The van der Waals surface area contributed by atoms with Gasteiger partial charge in [0.15, 0.2) is 0 Å². The van der Waals surface area contributed by atoms with Crippen molar-refractivity contribution in [2.45, 2.75) is 71.1 Å². The molecule has 0 heterocycles. The molecule has 2 nitrogen and oxygen atoms in total. The van der Waals surface area contributed by atoms with Crippen LogP contribution in [0, 0.1) is 0 Å². The van der Waals surface area contributed by atoms with Crippen molar-refractivity contribution >= 4 is 38.3 Å². The van der Waals surface area contributed by atoms with E-state index < -0.39 is 0 Å². The summed E-state index contributed by atoms with van der Waals surface area (Å²) in [7, 11) is 0.